The second kappa shape index (κ2) is 16.0. The first-order valence-electron chi connectivity index (χ1n) is 12.4. The van der Waals surface area contributed by atoms with E-state index in [1.54, 1.807) is 6.07 Å². The maximum atomic E-state index is 10.1. The summed E-state index contributed by atoms with van der Waals surface area (Å²) < 4.78 is 11.1. The molecule has 0 spiro atoms. The predicted octanol–water partition coefficient (Wildman–Crippen LogP) is 4.05. The van der Waals surface area contributed by atoms with Gasteiger partial charge in [0.05, 0.1) is 6.61 Å². The van der Waals surface area contributed by atoms with Crippen LogP contribution in [0.4, 0.5) is 0 Å². The maximum Gasteiger partial charge on any atom is 0.229 e. The van der Waals surface area contributed by atoms with Gasteiger partial charge in [-0.15, -0.1) is 0 Å². The zero-order valence-corrected chi connectivity index (χ0v) is 19.9. The SMILES string of the molecule is CCCC=CCC=CCCCCCCCc1cccc(O[C@@H]2OC(CO)[C@@H](O)[C@H](O)C2O)c1. The highest BCUT2D eigenvalue weighted by Crippen LogP contribution is 2.25. The summed E-state index contributed by atoms with van der Waals surface area (Å²) in [6.45, 7) is 1.72. The summed E-state index contributed by atoms with van der Waals surface area (Å²) in [4.78, 5) is 0. The molecule has 0 aliphatic carbocycles. The van der Waals surface area contributed by atoms with Gasteiger partial charge in [-0.05, 0) is 56.2 Å². The van der Waals surface area contributed by atoms with Crippen LogP contribution in [0.5, 0.6) is 5.75 Å². The van der Waals surface area contributed by atoms with Crippen LogP contribution in [0, 0.1) is 0 Å². The average Bonchev–Trinajstić information content (AvgIpc) is 2.82. The van der Waals surface area contributed by atoms with Crippen LogP contribution in [0.15, 0.2) is 48.6 Å². The Hall–Kier alpha value is -1.70. The van der Waals surface area contributed by atoms with Gasteiger partial charge in [0.25, 0.3) is 0 Å². The lowest BCUT2D eigenvalue weighted by atomic mass is 9.99. The number of aryl methyl sites for hydroxylation is 1. The third-order valence-corrected chi connectivity index (χ3v) is 5.90. The quantitative estimate of drug-likeness (QED) is 0.232. The van der Waals surface area contributed by atoms with Crippen molar-refractivity contribution in [3.63, 3.8) is 0 Å². The van der Waals surface area contributed by atoms with Crippen molar-refractivity contribution in [2.45, 2.75) is 102 Å². The molecule has 5 atom stereocenters. The first-order valence-corrected chi connectivity index (χ1v) is 12.4. The molecule has 2 rings (SSSR count). The van der Waals surface area contributed by atoms with Gasteiger partial charge in [0.2, 0.25) is 6.29 Å². The smallest absolute Gasteiger partial charge is 0.229 e. The largest absolute Gasteiger partial charge is 0.462 e. The van der Waals surface area contributed by atoms with Crippen molar-refractivity contribution in [3.05, 3.63) is 54.1 Å². The predicted molar refractivity (Wildman–Crippen MR) is 130 cm³/mol. The van der Waals surface area contributed by atoms with E-state index < -0.39 is 37.3 Å². The van der Waals surface area contributed by atoms with E-state index in [1.807, 2.05) is 18.2 Å². The highest BCUT2D eigenvalue weighted by atomic mass is 16.7. The summed E-state index contributed by atoms with van der Waals surface area (Å²) in [6.07, 6.45) is 14.2. The molecular weight excluding hydrogens is 420 g/mol. The molecule has 4 N–H and O–H groups in total. The Kier molecular flexibility index (Phi) is 13.4. The van der Waals surface area contributed by atoms with Crippen molar-refractivity contribution in [1.82, 2.24) is 0 Å². The topological polar surface area (TPSA) is 99.4 Å². The van der Waals surface area contributed by atoms with Crippen LogP contribution < -0.4 is 4.74 Å². The number of allylic oxidation sites excluding steroid dienone is 4. The number of benzene rings is 1. The molecule has 0 saturated carbocycles. The molecule has 0 bridgehead atoms. The molecule has 1 saturated heterocycles. The molecule has 0 amide bonds. The second-order valence-electron chi connectivity index (χ2n) is 8.74. The standard InChI is InChI=1S/C27H42O6/c1-2-3-4-5-6-7-8-9-10-11-12-13-14-16-21-17-15-18-22(19-21)32-27-26(31)25(30)24(29)23(20-28)33-27/h4-5,7-8,15,17-19,23-31H,2-3,6,9-14,16,20H2,1H3/t23?,24-,25+,26?,27-/m1/s1. The van der Waals surface area contributed by atoms with E-state index in [-0.39, 0.29) is 0 Å². The van der Waals surface area contributed by atoms with Crippen LogP contribution in [0.25, 0.3) is 0 Å². The summed E-state index contributed by atoms with van der Waals surface area (Å²) in [5.41, 5.74) is 1.14. The molecule has 1 aliphatic rings. The first kappa shape index (κ1) is 27.5. The van der Waals surface area contributed by atoms with E-state index in [4.69, 9.17) is 9.47 Å². The molecule has 33 heavy (non-hydrogen) atoms. The van der Waals surface area contributed by atoms with Crippen molar-refractivity contribution in [1.29, 1.82) is 0 Å². The summed E-state index contributed by atoms with van der Waals surface area (Å²) in [5.74, 6) is 0.521. The third kappa shape index (κ3) is 9.98. The minimum atomic E-state index is -1.44. The number of rotatable bonds is 15. The normalized spacial score (nSPS) is 25.8. The molecule has 1 heterocycles. The fourth-order valence-electron chi connectivity index (χ4n) is 3.87. The molecular formula is C27H42O6. The first-order chi connectivity index (χ1) is 16.1. The Bertz CT molecular complexity index is 702. The number of aliphatic hydroxyl groups excluding tert-OH is 4. The Labute approximate surface area is 198 Å². The molecule has 6 heteroatoms. The summed E-state index contributed by atoms with van der Waals surface area (Å²) in [6, 6.07) is 7.59. The molecule has 186 valence electrons. The Morgan fingerprint density at radius 3 is 2.36 bits per heavy atom. The molecule has 2 unspecified atom stereocenters. The van der Waals surface area contributed by atoms with Gasteiger partial charge in [-0.1, -0.05) is 69.0 Å². The van der Waals surface area contributed by atoms with Crippen LogP contribution in [-0.4, -0.2) is 57.7 Å². The van der Waals surface area contributed by atoms with E-state index in [0.29, 0.717) is 5.75 Å². The fraction of sp³-hybridized carbons (Fsp3) is 0.630. The fourth-order valence-corrected chi connectivity index (χ4v) is 3.87. The van der Waals surface area contributed by atoms with Crippen molar-refractivity contribution < 1.29 is 29.9 Å². The van der Waals surface area contributed by atoms with E-state index >= 15 is 0 Å². The molecule has 6 nitrogen and oxygen atoms in total. The lowest BCUT2D eigenvalue weighted by Gasteiger charge is -2.39. The van der Waals surface area contributed by atoms with Crippen molar-refractivity contribution in [3.8, 4) is 5.75 Å². The summed E-state index contributed by atoms with van der Waals surface area (Å²) >= 11 is 0. The number of ether oxygens (including phenoxy) is 2. The van der Waals surface area contributed by atoms with E-state index in [1.165, 1.54) is 38.5 Å². The number of hydrogen-bond donors (Lipinski definition) is 4. The van der Waals surface area contributed by atoms with Crippen molar-refractivity contribution in [2.75, 3.05) is 6.61 Å². The average molecular weight is 463 g/mol. The molecule has 1 fully saturated rings. The van der Waals surface area contributed by atoms with Crippen LogP contribution in [-0.2, 0) is 11.2 Å². The molecule has 1 aromatic rings. The zero-order chi connectivity index (χ0) is 23.9. The van der Waals surface area contributed by atoms with Gasteiger partial charge in [-0.2, -0.15) is 0 Å². The van der Waals surface area contributed by atoms with Gasteiger partial charge in [-0.3, -0.25) is 0 Å². The Balaban J connectivity index is 1.63. The number of unbranched alkanes of at least 4 members (excludes halogenated alkanes) is 6. The minimum Gasteiger partial charge on any atom is -0.462 e. The minimum absolute atomic E-state index is 0.475. The lowest BCUT2D eigenvalue weighted by Crippen LogP contribution is -2.60. The van der Waals surface area contributed by atoms with Crippen LogP contribution in [0.2, 0.25) is 0 Å². The van der Waals surface area contributed by atoms with Crippen molar-refractivity contribution >= 4 is 0 Å². The van der Waals surface area contributed by atoms with Crippen LogP contribution >= 0.6 is 0 Å². The van der Waals surface area contributed by atoms with Gasteiger partial charge in [0, 0.05) is 0 Å². The third-order valence-electron chi connectivity index (χ3n) is 5.90. The summed E-state index contributed by atoms with van der Waals surface area (Å²) in [7, 11) is 0. The second-order valence-corrected chi connectivity index (χ2v) is 8.74. The van der Waals surface area contributed by atoms with E-state index in [2.05, 4.69) is 31.2 Å². The molecule has 0 aromatic heterocycles. The summed E-state index contributed by atoms with van der Waals surface area (Å²) in [5, 5.41) is 39.2. The van der Waals surface area contributed by atoms with E-state index in [0.717, 1.165) is 31.2 Å². The van der Waals surface area contributed by atoms with Crippen LogP contribution in [0.3, 0.4) is 0 Å². The van der Waals surface area contributed by atoms with Gasteiger partial charge in [0.15, 0.2) is 0 Å². The van der Waals surface area contributed by atoms with E-state index in [9.17, 15) is 20.4 Å². The zero-order valence-electron chi connectivity index (χ0n) is 19.9. The number of hydrogen-bond acceptors (Lipinski definition) is 6. The van der Waals surface area contributed by atoms with Gasteiger partial charge in [-0.25, -0.2) is 0 Å². The Morgan fingerprint density at radius 2 is 1.61 bits per heavy atom. The molecule has 0 radical (unpaired) electrons. The highest BCUT2D eigenvalue weighted by Gasteiger charge is 2.44. The van der Waals surface area contributed by atoms with Gasteiger partial charge in [0.1, 0.15) is 30.2 Å². The van der Waals surface area contributed by atoms with Crippen molar-refractivity contribution in [2.24, 2.45) is 0 Å². The van der Waals surface area contributed by atoms with Crippen LogP contribution in [0.1, 0.15) is 70.3 Å². The van der Waals surface area contributed by atoms with Gasteiger partial charge < -0.3 is 29.9 Å². The number of aliphatic hydroxyl groups is 4. The Morgan fingerprint density at radius 1 is 0.879 bits per heavy atom. The maximum absolute atomic E-state index is 10.1. The lowest BCUT2D eigenvalue weighted by molar-refractivity contribution is -0.277. The van der Waals surface area contributed by atoms with Gasteiger partial charge >= 0.3 is 0 Å². The molecule has 1 aromatic carbocycles. The monoisotopic (exact) mass is 462 g/mol. The highest BCUT2D eigenvalue weighted by molar-refractivity contribution is 5.28. The molecule has 1 aliphatic heterocycles.